The quantitative estimate of drug-likeness (QED) is 0.640. The Kier molecular flexibility index (Phi) is 5.79. The van der Waals surface area contributed by atoms with Crippen LogP contribution in [0.25, 0.3) is 5.78 Å². The third-order valence-corrected chi connectivity index (χ3v) is 5.56. The number of aromatic nitrogens is 4. The van der Waals surface area contributed by atoms with Gasteiger partial charge in [-0.15, -0.1) is 5.10 Å². The molecule has 1 amide bonds. The van der Waals surface area contributed by atoms with E-state index in [9.17, 15) is 4.79 Å². The number of para-hydroxylation sites is 1. The van der Waals surface area contributed by atoms with Crippen LogP contribution in [0.3, 0.4) is 0 Å². The summed E-state index contributed by atoms with van der Waals surface area (Å²) in [4.78, 5) is 21.5. The number of nitrogens with one attached hydrogen (secondary N) is 1. The number of carbonyl (C=O) groups excluding carboxylic acids is 1. The first-order chi connectivity index (χ1) is 12.9. The van der Waals surface area contributed by atoms with Gasteiger partial charge >= 0.3 is 0 Å². The molecule has 3 aromatic rings. The van der Waals surface area contributed by atoms with Gasteiger partial charge in [-0.3, -0.25) is 4.79 Å². The van der Waals surface area contributed by atoms with Crippen LogP contribution in [0.2, 0.25) is 0 Å². The molecule has 2 aromatic heterocycles. The maximum atomic E-state index is 12.7. The summed E-state index contributed by atoms with van der Waals surface area (Å²) in [5.41, 5.74) is 3.90. The number of aryl methyl sites for hydroxylation is 2. The lowest BCUT2D eigenvalue weighted by Crippen LogP contribution is -2.23. The molecule has 0 saturated heterocycles. The van der Waals surface area contributed by atoms with E-state index >= 15 is 0 Å². The summed E-state index contributed by atoms with van der Waals surface area (Å²) in [5, 5.41) is 7.75. The van der Waals surface area contributed by atoms with Gasteiger partial charge in [0, 0.05) is 17.1 Å². The van der Waals surface area contributed by atoms with Gasteiger partial charge in [0.25, 0.3) is 5.78 Å². The number of rotatable bonds is 6. The van der Waals surface area contributed by atoms with E-state index in [4.69, 9.17) is 0 Å². The Hall–Kier alpha value is -2.41. The lowest BCUT2D eigenvalue weighted by molar-refractivity contribution is -0.115. The third kappa shape index (κ3) is 4.30. The minimum Gasteiger partial charge on any atom is -0.325 e. The predicted molar refractivity (Wildman–Crippen MR) is 109 cm³/mol. The molecule has 0 aliphatic heterocycles. The van der Waals surface area contributed by atoms with Gasteiger partial charge in [-0.1, -0.05) is 43.8 Å². The van der Waals surface area contributed by atoms with Crippen molar-refractivity contribution in [2.45, 2.75) is 57.4 Å². The number of fused-ring (bicyclic) bond motifs is 1. The van der Waals surface area contributed by atoms with Crippen LogP contribution >= 0.6 is 11.8 Å². The molecule has 0 radical (unpaired) electrons. The Morgan fingerprint density at radius 3 is 2.70 bits per heavy atom. The SMILES string of the molecule is CCC(C)c1ccccc1NC(=O)C(C)Sc1nc2nc(C)cc(C)n2n1. The fraction of sp³-hybridized carbons (Fsp3) is 0.400. The molecule has 6 nitrogen and oxygen atoms in total. The molecule has 0 spiro atoms. The van der Waals surface area contributed by atoms with E-state index < -0.39 is 0 Å². The number of nitrogens with zero attached hydrogens (tertiary/aromatic N) is 4. The summed E-state index contributed by atoms with van der Waals surface area (Å²) in [6, 6.07) is 9.93. The van der Waals surface area contributed by atoms with Crippen LogP contribution < -0.4 is 5.32 Å². The highest BCUT2D eigenvalue weighted by atomic mass is 32.2. The monoisotopic (exact) mass is 383 g/mol. The van der Waals surface area contributed by atoms with Crippen LogP contribution in [0.1, 0.15) is 50.1 Å². The molecule has 0 fully saturated rings. The zero-order valence-corrected chi connectivity index (χ0v) is 17.2. The Balaban J connectivity index is 1.74. The molecule has 0 saturated carbocycles. The van der Waals surface area contributed by atoms with Gasteiger partial charge in [-0.25, -0.2) is 9.50 Å². The summed E-state index contributed by atoms with van der Waals surface area (Å²) < 4.78 is 1.71. The van der Waals surface area contributed by atoms with Gasteiger partial charge in [0.2, 0.25) is 11.1 Å². The van der Waals surface area contributed by atoms with Crippen LogP contribution in [0, 0.1) is 13.8 Å². The number of hydrogen-bond acceptors (Lipinski definition) is 5. The first-order valence-electron chi connectivity index (χ1n) is 9.16. The average molecular weight is 384 g/mol. The van der Waals surface area contributed by atoms with Gasteiger partial charge < -0.3 is 5.32 Å². The van der Waals surface area contributed by atoms with Crippen molar-refractivity contribution < 1.29 is 4.79 Å². The van der Waals surface area contributed by atoms with Gasteiger partial charge in [0.15, 0.2) is 0 Å². The molecular formula is C20H25N5OS. The molecule has 142 valence electrons. The van der Waals surface area contributed by atoms with E-state index in [2.05, 4.69) is 40.3 Å². The Morgan fingerprint density at radius 2 is 1.96 bits per heavy atom. The molecule has 2 atom stereocenters. The molecule has 0 aliphatic rings. The average Bonchev–Trinajstić information content (AvgIpc) is 3.04. The predicted octanol–water partition coefficient (Wildman–Crippen LogP) is 4.37. The molecule has 2 heterocycles. The maximum Gasteiger partial charge on any atom is 0.253 e. The van der Waals surface area contributed by atoms with Crippen LogP contribution in [0.15, 0.2) is 35.5 Å². The highest BCUT2D eigenvalue weighted by Gasteiger charge is 2.20. The van der Waals surface area contributed by atoms with Gasteiger partial charge in [-0.05, 0) is 50.8 Å². The van der Waals surface area contributed by atoms with E-state index in [1.165, 1.54) is 11.8 Å². The Labute approximate surface area is 163 Å². The number of hydrogen-bond donors (Lipinski definition) is 1. The van der Waals surface area contributed by atoms with Crippen LogP contribution in [-0.2, 0) is 4.79 Å². The first-order valence-corrected chi connectivity index (χ1v) is 10.0. The van der Waals surface area contributed by atoms with E-state index in [1.807, 2.05) is 45.0 Å². The Morgan fingerprint density at radius 1 is 1.22 bits per heavy atom. The summed E-state index contributed by atoms with van der Waals surface area (Å²) >= 11 is 1.34. The lowest BCUT2D eigenvalue weighted by Gasteiger charge is -2.17. The fourth-order valence-corrected chi connectivity index (χ4v) is 3.65. The van der Waals surface area contributed by atoms with E-state index in [1.54, 1.807) is 4.52 Å². The minimum atomic E-state index is -0.325. The van der Waals surface area contributed by atoms with Gasteiger partial charge in [-0.2, -0.15) is 4.98 Å². The van der Waals surface area contributed by atoms with Crippen molar-refractivity contribution in [1.29, 1.82) is 0 Å². The fourth-order valence-electron chi connectivity index (χ4n) is 2.90. The largest absolute Gasteiger partial charge is 0.325 e. The zero-order valence-electron chi connectivity index (χ0n) is 16.4. The number of thioether (sulfide) groups is 1. The lowest BCUT2D eigenvalue weighted by atomic mass is 9.97. The van der Waals surface area contributed by atoms with Gasteiger partial charge in [0.05, 0.1) is 5.25 Å². The highest BCUT2D eigenvalue weighted by molar-refractivity contribution is 8.00. The second kappa shape index (κ2) is 8.08. The number of amides is 1. The number of anilines is 1. The molecule has 7 heteroatoms. The summed E-state index contributed by atoms with van der Waals surface area (Å²) in [6.07, 6.45) is 1.02. The van der Waals surface area contributed by atoms with E-state index in [0.29, 0.717) is 16.9 Å². The number of carbonyl (C=O) groups is 1. The van der Waals surface area contributed by atoms with Crippen molar-refractivity contribution in [3.63, 3.8) is 0 Å². The topological polar surface area (TPSA) is 72.2 Å². The van der Waals surface area contributed by atoms with Crippen molar-refractivity contribution in [3.05, 3.63) is 47.3 Å². The third-order valence-electron chi connectivity index (χ3n) is 4.61. The van der Waals surface area contributed by atoms with Crippen molar-refractivity contribution >= 4 is 29.1 Å². The van der Waals surface area contributed by atoms with Crippen molar-refractivity contribution in [2.75, 3.05) is 5.32 Å². The van der Waals surface area contributed by atoms with Crippen LogP contribution in [0.5, 0.6) is 0 Å². The second-order valence-corrected chi connectivity index (χ2v) is 8.10. The molecule has 27 heavy (non-hydrogen) atoms. The van der Waals surface area contributed by atoms with Crippen LogP contribution in [0.4, 0.5) is 5.69 Å². The maximum absolute atomic E-state index is 12.7. The van der Waals surface area contributed by atoms with Crippen molar-refractivity contribution in [3.8, 4) is 0 Å². The smallest absolute Gasteiger partial charge is 0.253 e. The standard InChI is InChI=1S/C20H25N5OS/c1-6-12(2)16-9-7-8-10-17(16)22-18(26)15(5)27-20-23-19-21-13(3)11-14(4)25(19)24-20/h7-12,15H,6H2,1-5H3,(H,22,26). The van der Waals surface area contributed by atoms with Crippen LogP contribution in [-0.4, -0.2) is 30.7 Å². The first kappa shape index (κ1) is 19.4. The zero-order chi connectivity index (χ0) is 19.6. The summed E-state index contributed by atoms with van der Waals surface area (Å²) in [6.45, 7) is 10.1. The normalized spacial score (nSPS) is 13.5. The molecule has 1 aromatic carbocycles. The highest BCUT2D eigenvalue weighted by Crippen LogP contribution is 2.28. The van der Waals surface area contributed by atoms with E-state index in [0.717, 1.165) is 29.1 Å². The Bertz CT molecular complexity index is 968. The molecule has 0 bridgehead atoms. The van der Waals surface area contributed by atoms with Gasteiger partial charge in [0.1, 0.15) is 0 Å². The minimum absolute atomic E-state index is 0.0597. The summed E-state index contributed by atoms with van der Waals surface area (Å²) in [5.74, 6) is 0.891. The molecule has 2 unspecified atom stereocenters. The molecule has 3 rings (SSSR count). The number of benzene rings is 1. The van der Waals surface area contributed by atoms with Crippen molar-refractivity contribution in [2.24, 2.45) is 0 Å². The molecule has 1 N–H and O–H groups in total. The van der Waals surface area contributed by atoms with E-state index in [-0.39, 0.29) is 11.2 Å². The summed E-state index contributed by atoms with van der Waals surface area (Å²) in [7, 11) is 0. The van der Waals surface area contributed by atoms with Crippen molar-refractivity contribution in [1.82, 2.24) is 19.6 Å². The second-order valence-electron chi connectivity index (χ2n) is 6.79. The molecule has 0 aliphatic carbocycles. The molecular weight excluding hydrogens is 358 g/mol.